The van der Waals surface area contributed by atoms with Crippen molar-refractivity contribution in [3.8, 4) is 0 Å². The van der Waals surface area contributed by atoms with Gasteiger partial charge in [-0.1, -0.05) is 0 Å². The summed E-state index contributed by atoms with van der Waals surface area (Å²) in [5.74, 6) is 0. The third-order valence-corrected chi connectivity index (χ3v) is 3.54. The van der Waals surface area contributed by atoms with Crippen LogP contribution in [0.2, 0.25) is 0 Å². The van der Waals surface area contributed by atoms with Crippen molar-refractivity contribution in [2.45, 2.75) is 0 Å². The number of likely N-dealkylation sites (N-methyl/N-ethyl adjacent to an activating group) is 2. The van der Waals surface area contributed by atoms with Gasteiger partial charge in [-0.05, 0) is 24.4 Å². The maximum absolute atomic E-state index is 5.26. The molecule has 0 spiro atoms. The van der Waals surface area contributed by atoms with Crippen LogP contribution in [0.4, 0.5) is 0 Å². The molecule has 0 aromatic heterocycles. The van der Waals surface area contributed by atoms with Crippen LogP contribution < -0.4 is 0 Å². The molecule has 0 N–H and O–H groups in total. The van der Waals surface area contributed by atoms with Gasteiger partial charge in [0.25, 0.3) is 0 Å². The first kappa shape index (κ1) is 15.4. The van der Waals surface area contributed by atoms with Crippen LogP contribution in [0.25, 0.3) is 0 Å². The predicted octanol–water partition coefficient (Wildman–Crippen LogP) is 0.543. The Bertz CT molecular complexity index is 227. The Balaban J connectivity index is 4.06. The molecule has 0 atom stereocenters. The average Bonchev–Trinajstić information content (AvgIpc) is 2.22. The zero-order chi connectivity index (χ0) is 12.9. The van der Waals surface area contributed by atoms with Crippen LogP contribution in [0.1, 0.15) is 0 Å². The Morgan fingerprint density at radius 2 is 0.938 bits per heavy atom. The molecule has 0 heterocycles. The molecule has 4 nitrogen and oxygen atoms in total. The summed E-state index contributed by atoms with van der Waals surface area (Å²) in [6.07, 6.45) is 0. The van der Waals surface area contributed by atoms with Crippen LogP contribution in [0.15, 0.2) is 0 Å². The molecule has 0 unspecified atom stereocenters. The molecule has 0 aromatic carbocycles. The van der Waals surface area contributed by atoms with E-state index in [1.165, 1.54) is 0 Å². The summed E-state index contributed by atoms with van der Waals surface area (Å²) < 4.78 is 0. The number of hydrogen-bond donors (Lipinski definition) is 0. The van der Waals surface area contributed by atoms with E-state index in [0.29, 0.717) is 0 Å². The molecule has 0 aliphatic heterocycles. The van der Waals surface area contributed by atoms with E-state index in [2.05, 4.69) is 0 Å². The molecule has 0 aromatic rings. The van der Waals surface area contributed by atoms with Crippen molar-refractivity contribution in [2.75, 3.05) is 55.4 Å². The molecule has 0 rings (SSSR count). The molecule has 0 aliphatic rings. The van der Waals surface area contributed by atoms with Crippen molar-refractivity contribution in [3.05, 3.63) is 0 Å². The summed E-state index contributed by atoms with van der Waals surface area (Å²) in [5.41, 5.74) is 0. The van der Waals surface area contributed by atoms with Crippen molar-refractivity contribution in [1.82, 2.24) is 19.6 Å². The van der Waals surface area contributed by atoms with Gasteiger partial charge < -0.3 is 19.6 Å². The highest BCUT2D eigenvalue weighted by Crippen LogP contribution is 1.95. The SMILES string of the molecule is CN(C)C(=S)N(C)CCN(C)C(=S)N(C)C. The fourth-order valence-electron chi connectivity index (χ4n) is 1.17. The average molecular weight is 262 g/mol. The third-order valence-electron chi connectivity index (χ3n) is 2.19. The Labute approximate surface area is 110 Å². The van der Waals surface area contributed by atoms with Crippen LogP contribution in [0, 0.1) is 0 Å². The Morgan fingerprint density at radius 1 is 0.688 bits per heavy atom. The lowest BCUT2D eigenvalue weighted by molar-refractivity contribution is 0.367. The maximum atomic E-state index is 5.26. The van der Waals surface area contributed by atoms with Gasteiger partial charge in [0.1, 0.15) is 0 Å². The van der Waals surface area contributed by atoms with Gasteiger partial charge in [-0.3, -0.25) is 0 Å². The minimum Gasteiger partial charge on any atom is -0.355 e. The van der Waals surface area contributed by atoms with E-state index in [1.807, 2.05) is 61.9 Å². The van der Waals surface area contributed by atoms with Crippen LogP contribution >= 0.6 is 24.4 Å². The molecule has 0 fully saturated rings. The molecule has 0 bridgehead atoms. The monoisotopic (exact) mass is 262 g/mol. The van der Waals surface area contributed by atoms with Crippen molar-refractivity contribution >= 4 is 34.7 Å². The van der Waals surface area contributed by atoms with Gasteiger partial charge >= 0.3 is 0 Å². The van der Waals surface area contributed by atoms with E-state index in [1.54, 1.807) is 0 Å². The van der Waals surface area contributed by atoms with Crippen molar-refractivity contribution in [2.24, 2.45) is 0 Å². The summed E-state index contributed by atoms with van der Waals surface area (Å²) in [5, 5.41) is 1.67. The largest absolute Gasteiger partial charge is 0.355 e. The summed E-state index contributed by atoms with van der Waals surface area (Å²) in [6.45, 7) is 1.73. The minimum absolute atomic E-state index is 0.837. The molecule has 0 amide bonds. The number of rotatable bonds is 3. The first-order valence-corrected chi connectivity index (χ1v) is 5.93. The fourth-order valence-corrected chi connectivity index (χ4v) is 1.36. The number of thiocarbonyl (C=S) groups is 2. The zero-order valence-corrected chi connectivity index (χ0v) is 12.7. The standard InChI is InChI=1S/C10H22N4S2/c1-11(2)9(15)13(5)7-8-14(6)10(16)12(3)4/h7-8H2,1-6H3. The maximum Gasteiger partial charge on any atom is 0.170 e. The van der Waals surface area contributed by atoms with Gasteiger partial charge in [0.2, 0.25) is 0 Å². The first-order chi connectivity index (χ1) is 7.27. The second-order valence-electron chi connectivity index (χ2n) is 4.20. The second-order valence-corrected chi connectivity index (χ2v) is 4.93. The van der Waals surface area contributed by atoms with Crippen molar-refractivity contribution in [1.29, 1.82) is 0 Å². The lowest BCUT2D eigenvalue weighted by Gasteiger charge is -2.29. The fraction of sp³-hybridized carbons (Fsp3) is 0.800. The smallest absolute Gasteiger partial charge is 0.170 e. The quantitative estimate of drug-likeness (QED) is 0.684. The van der Waals surface area contributed by atoms with E-state index >= 15 is 0 Å². The molecule has 94 valence electrons. The van der Waals surface area contributed by atoms with E-state index < -0.39 is 0 Å². The Kier molecular flexibility index (Phi) is 6.59. The molecular formula is C10H22N4S2. The summed E-state index contributed by atoms with van der Waals surface area (Å²) >= 11 is 10.5. The number of hydrogen-bond acceptors (Lipinski definition) is 2. The van der Waals surface area contributed by atoms with E-state index in [-0.39, 0.29) is 0 Å². The lowest BCUT2D eigenvalue weighted by Crippen LogP contribution is -2.43. The highest BCUT2D eigenvalue weighted by atomic mass is 32.1. The molecule has 0 aliphatic carbocycles. The van der Waals surface area contributed by atoms with Gasteiger partial charge in [-0.25, -0.2) is 0 Å². The van der Waals surface area contributed by atoms with Crippen LogP contribution in [-0.4, -0.2) is 85.2 Å². The molecule has 6 heteroatoms. The third kappa shape index (κ3) is 4.94. The van der Waals surface area contributed by atoms with Gasteiger partial charge in [0.15, 0.2) is 10.2 Å². The van der Waals surface area contributed by atoms with Gasteiger partial charge in [-0.2, -0.15) is 0 Å². The zero-order valence-electron chi connectivity index (χ0n) is 11.0. The topological polar surface area (TPSA) is 13.0 Å². The minimum atomic E-state index is 0.837. The van der Waals surface area contributed by atoms with Crippen LogP contribution in [0.5, 0.6) is 0 Å². The van der Waals surface area contributed by atoms with Gasteiger partial charge in [-0.15, -0.1) is 0 Å². The summed E-state index contributed by atoms with van der Waals surface area (Å²) in [4.78, 5) is 7.95. The normalized spacial score (nSPS) is 9.62. The highest BCUT2D eigenvalue weighted by Gasteiger charge is 2.09. The first-order valence-electron chi connectivity index (χ1n) is 5.12. The van der Waals surface area contributed by atoms with Crippen LogP contribution in [-0.2, 0) is 0 Å². The van der Waals surface area contributed by atoms with E-state index in [4.69, 9.17) is 24.4 Å². The number of nitrogens with zero attached hydrogens (tertiary/aromatic N) is 4. The van der Waals surface area contributed by atoms with E-state index in [0.717, 1.165) is 23.3 Å². The molecular weight excluding hydrogens is 240 g/mol. The van der Waals surface area contributed by atoms with Crippen molar-refractivity contribution < 1.29 is 0 Å². The molecule has 0 radical (unpaired) electrons. The van der Waals surface area contributed by atoms with Gasteiger partial charge in [0, 0.05) is 55.4 Å². The molecule has 16 heavy (non-hydrogen) atoms. The van der Waals surface area contributed by atoms with Gasteiger partial charge in [0.05, 0.1) is 0 Å². The summed E-state index contributed by atoms with van der Waals surface area (Å²) in [6, 6.07) is 0. The van der Waals surface area contributed by atoms with E-state index in [9.17, 15) is 0 Å². The predicted molar refractivity (Wildman–Crippen MR) is 77.8 cm³/mol. The molecule has 0 saturated carbocycles. The lowest BCUT2D eigenvalue weighted by atomic mass is 10.5. The van der Waals surface area contributed by atoms with Crippen molar-refractivity contribution in [3.63, 3.8) is 0 Å². The van der Waals surface area contributed by atoms with Crippen LogP contribution in [0.3, 0.4) is 0 Å². The highest BCUT2D eigenvalue weighted by molar-refractivity contribution is 7.80. The molecule has 0 saturated heterocycles. The second kappa shape index (κ2) is 6.85. The summed E-state index contributed by atoms with van der Waals surface area (Å²) in [7, 11) is 11.8. The Hall–Kier alpha value is -0.620. The Morgan fingerprint density at radius 3 is 1.12 bits per heavy atom.